The van der Waals surface area contributed by atoms with Crippen molar-refractivity contribution in [1.29, 1.82) is 0 Å². The van der Waals surface area contributed by atoms with Crippen LogP contribution in [0.1, 0.15) is 20.7 Å². The summed E-state index contributed by atoms with van der Waals surface area (Å²) in [7, 11) is 1.53. The van der Waals surface area contributed by atoms with Crippen LogP contribution in [-0.2, 0) is 0 Å². The molecule has 0 fully saturated rings. The fourth-order valence-corrected chi connectivity index (χ4v) is 3.29. The number of hydrogen-bond acceptors (Lipinski definition) is 4. The molecule has 0 aliphatic rings. The van der Waals surface area contributed by atoms with Crippen LogP contribution in [0.5, 0.6) is 11.5 Å². The first-order valence-corrected chi connectivity index (χ1v) is 10.3. The first kappa shape index (κ1) is 22.7. The third-order valence-corrected chi connectivity index (χ3v) is 5.03. The first-order valence-electron chi connectivity index (χ1n) is 10.3. The maximum atomic E-state index is 14.4. The van der Waals surface area contributed by atoms with E-state index in [1.165, 1.54) is 31.4 Å². The maximum Gasteiger partial charge on any atom is 0.343 e. The highest BCUT2D eigenvalue weighted by Crippen LogP contribution is 2.30. The fraction of sp³-hybridized carbons (Fsp3) is 0.0370. The molecule has 0 heterocycles. The molecule has 1 amide bonds. The number of amides is 1. The number of halogens is 2. The molecule has 7 heteroatoms. The van der Waals surface area contributed by atoms with E-state index in [4.69, 9.17) is 9.47 Å². The van der Waals surface area contributed by atoms with Crippen LogP contribution in [0.25, 0.3) is 11.1 Å². The maximum absolute atomic E-state index is 14.4. The third-order valence-electron chi connectivity index (χ3n) is 5.03. The van der Waals surface area contributed by atoms with Crippen LogP contribution in [0.4, 0.5) is 14.5 Å². The van der Waals surface area contributed by atoms with Crippen molar-refractivity contribution in [3.8, 4) is 22.6 Å². The van der Waals surface area contributed by atoms with E-state index < -0.39 is 23.5 Å². The van der Waals surface area contributed by atoms with Crippen LogP contribution in [-0.4, -0.2) is 19.0 Å². The van der Waals surface area contributed by atoms with Crippen molar-refractivity contribution >= 4 is 17.6 Å². The summed E-state index contributed by atoms with van der Waals surface area (Å²) in [5, 5.41) is 2.73. The molecule has 0 aliphatic carbocycles. The molecular weight excluding hydrogens is 440 g/mol. The van der Waals surface area contributed by atoms with Gasteiger partial charge in [-0.2, -0.15) is 0 Å². The molecular formula is C27H19F2NO4. The van der Waals surface area contributed by atoms with Crippen LogP contribution >= 0.6 is 0 Å². The molecule has 34 heavy (non-hydrogen) atoms. The number of nitrogens with one attached hydrogen (secondary N) is 1. The molecule has 170 valence electrons. The SMILES string of the molecule is COc1ccc(NC(=O)c2cc(-c3ccc(F)cc3F)ccc2OC(=O)c2ccccc2)cc1. The highest BCUT2D eigenvalue weighted by Gasteiger charge is 2.19. The molecule has 0 unspecified atom stereocenters. The Bertz CT molecular complexity index is 1340. The average Bonchev–Trinajstić information content (AvgIpc) is 2.85. The Hall–Kier alpha value is -4.52. The van der Waals surface area contributed by atoms with Gasteiger partial charge in [0.1, 0.15) is 23.1 Å². The lowest BCUT2D eigenvalue weighted by molar-refractivity contribution is 0.0733. The van der Waals surface area contributed by atoms with Gasteiger partial charge in [0.15, 0.2) is 0 Å². The Balaban J connectivity index is 1.70. The largest absolute Gasteiger partial charge is 0.497 e. The molecule has 0 atom stereocenters. The molecule has 0 saturated carbocycles. The van der Waals surface area contributed by atoms with E-state index in [2.05, 4.69) is 5.32 Å². The minimum absolute atomic E-state index is 0.00123. The Morgan fingerprint density at radius 3 is 2.24 bits per heavy atom. The van der Waals surface area contributed by atoms with E-state index in [-0.39, 0.29) is 16.9 Å². The third kappa shape index (κ3) is 5.10. The van der Waals surface area contributed by atoms with Crippen molar-refractivity contribution in [3.05, 3.63) is 114 Å². The van der Waals surface area contributed by atoms with E-state index in [1.807, 2.05) is 0 Å². The molecule has 4 aromatic rings. The predicted molar refractivity (Wildman–Crippen MR) is 124 cm³/mol. The second kappa shape index (κ2) is 9.95. The van der Waals surface area contributed by atoms with Crippen molar-refractivity contribution in [2.24, 2.45) is 0 Å². The van der Waals surface area contributed by atoms with Gasteiger partial charge in [0, 0.05) is 17.3 Å². The van der Waals surface area contributed by atoms with Crippen molar-refractivity contribution in [3.63, 3.8) is 0 Å². The molecule has 4 rings (SSSR count). The number of benzene rings is 4. The predicted octanol–water partition coefficient (Wildman–Crippen LogP) is 6.11. The lowest BCUT2D eigenvalue weighted by atomic mass is 10.0. The van der Waals surface area contributed by atoms with Crippen LogP contribution in [0, 0.1) is 11.6 Å². The zero-order valence-corrected chi connectivity index (χ0v) is 18.0. The second-order valence-corrected chi connectivity index (χ2v) is 7.27. The molecule has 4 aromatic carbocycles. The molecule has 0 saturated heterocycles. The summed E-state index contributed by atoms with van der Waals surface area (Å²) in [6.07, 6.45) is 0. The number of esters is 1. The Morgan fingerprint density at radius 2 is 1.56 bits per heavy atom. The highest BCUT2D eigenvalue weighted by molar-refractivity contribution is 6.07. The van der Waals surface area contributed by atoms with Crippen LogP contribution in [0.15, 0.2) is 91.0 Å². The lowest BCUT2D eigenvalue weighted by Crippen LogP contribution is -2.16. The summed E-state index contributed by atoms with van der Waals surface area (Å²) in [6.45, 7) is 0. The topological polar surface area (TPSA) is 64.6 Å². The zero-order chi connectivity index (χ0) is 24.1. The van der Waals surface area contributed by atoms with Crippen molar-refractivity contribution in [2.45, 2.75) is 0 Å². The van der Waals surface area contributed by atoms with Crippen molar-refractivity contribution < 1.29 is 27.8 Å². The molecule has 0 aliphatic heterocycles. The van der Waals surface area contributed by atoms with Gasteiger partial charge >= 0.3 is 5.97 Å². The smallest absolute Gasteiger partial charge is 0.343 e. The number of ether oxygens (including phenoxy) is 2. The van der Waals surface area contributed by atoms with Crippen molar-refractivity contribution in [2.75, 3.05) is 12.4 Å². The van der Waals surface area contributed by atoms with Gasteiger partial charge in [-0.3, -0.25) is 4.79 Å². The molecule has 1 N–H and O–H groups in total. The van der Waals surface area contributed by atoms with Gasteiger partial charge < -0.3 is 14.8 Å². The summed E-state index contributed by atoms with van der Waals surface area (Å²) in [5.74, 6) is -2.12. The minimum Gasteiger partial charge on any atom is -0.497 e. The van der Waals surface area contributed by atoms with Gasteiger partial charge in [0.2, 0.25) is 0 Å². The summed E-state index contributed by atoms with van der Waals surface area (Å²) < 4.78 is 38.4. The number of hydrogen-bond donors (Lipinski definition) is 1. The first-order chi connectivity index (χ1) is 16.4. The van der Waals surface area contributed by atoms with Gasteiger partial charge in [-0.1, -0.05) is 24.3 Å². The van der Waals surface area contributed by atoms with Crippen LogP contribution in [0.2, 0.25) is 0 Å². The zero-order valence-electron chi connectivity index (χ0n) is 18.0. The molecule has 0 radical (unpaired) electrons. The Labute approximate surface area is 194 Å². The second-order valence-electron chi connectivity index (χ2n) is 7.27. The summed E-state index contributed by atoms with van der Waals surface area (Å²) >= 11 is 0. The summed E-state index contributed by atoms with van der Waals surface area (Å²) in [6, 6.07) is 22.4. The van der Waals surface area contributed by atoms with Gasteiger partial charge in [0.25, 0.3) is 5.91 Å². The number of rotatable bonds is 6. The standard InChI is InChI=1S/C27H19F2NO4/c1-33-21-11-9-20(10-12-21)30-26(31)23-15-18(22-13-8-19(28)16-24(22)29)7-14-25(23)34-27(32)17-5-3-2-4-6-17/h2-16H,1H3,(H,30,31). The molecule has 0 spiro atoms. The lowest BCUT2D eigenvalue weighted by Gasteiger charge is -2.13. The van der Waals surface area contributed by atoms with Gasteiger partial charge in [-0.25, -0.2) is 13.6 Å². The van der Waals surface area contributed by atoms with Crippen LogP contribution in [0.3, 0.4) is 0 Å². The summed E-state index contributed by atoms with van der Waals surface area (Å²) in [5.41, 5.74) is 1.20. The minimum atomic E-state index is -0.782. The molecule has 5 nitrogen and oxygen atoms in total. The quantitative estimate of drug-likeness (QED) is 0.279. The van der Waals surface area contributed by atoms with Gasteiger partial charge in [-0.15, -0.1) is 0 Å². The van der Waals surface area contributed by atoms with Gasteiger partial charge in [0.05, 0.1) is 18.2 Å². The summed E-state index contributed by atoms with van der Waals surface area (Å²) in [4.78, 5) is 25.7. The Morgan fingerprint density at radius 1 is 0.824 bits per heavy atom. The van der Waals surface area contributed by atoms with Crippen molar-refractivity contribution in [1.82, 2.24) is 0 Å². The number of methoxy groups -OCH3 is 1. The average molecular weight is 459 g/mol. The number of carbonyl (C=O) groups excluding carboxylic acids is 2. The Kier molecular flexibility index (Phi) is 6.64. The normalized spacial score (nSPS) is 10.4. The fourth-order valence-electron chi connectivity index (χ4n) is 3.29. The van der Waals surface area contributed by atoms with Crippen LogP contribution < -0.4 is 14.8 Å². The van der Waals surface area contributed by atoms with E-state index in [0.717, 1.165) is 12.1 Å². The van der Waals surface area contributed by atoms with E-state index in [1.54, 1.807) is 54.6 Å². The van der Waals surface area contributed by atoms with E-state index in [0.29, 0.717) is 22.6 Å². The monoisotopic (exact) mass is 459 g/mol. The van der Waals surface area contributed by atoms with Gasteiger partial charge in [-0.05, 0) is 66.2 Å². The molecule has 0 aromatic heterocycles. The number of carbonyl (C=O) groups is 2. The molecule has 0 bridgehead atoms. The van der Waals surface area contributed by atoms with E-state index in [9.17, 15) is 18.4 Å². The number of anilines is 1. The highest BCUT2D eigenvalue weighted by atomic mass is 19.1. The van der Waals surface area contributed by atoms with E-state index >= 15 is 0 Å².